The Bertz CT molecular complexity index is 864. The van der Waals surface area contributed by atoms with Gasteiger partial charge in [-0.05, 0) is 6.07 Å². The first-order chi connectivity index (χ1) is 11.9. The van der Waals surface area contributed by atoms with Crippen molar-refractivity contribution in [2.75, 3.05) is 7.11 Å². The van der Waals surface area contributed by atoms with Crippen LogP contribution in [0.3, 0.4) is 0 Å². The third-order valence-electron chi connectivity index (χ3n) is 5.42. The van der Waals surface area contributed by atoms with E-state index in [1.807, 2.05) is 18.2 Å². The summed E-state index contributed by atoms with van der Waals surface area (Å²) in [4.78, 5) is 0. The Balaban J connectivity index is 2.37. The number of nitriles is 3. The molecule has 0 amide bonds. The zero-order valence-electron chi connectivity index (χ0n) is 14.0. The summed E-state index contributed by atoms with van der Waals surface area (Å²) in [5, 5.41) is 38.2. The second kappa shape index (κ2) is 5.21. The van der Waals surface area contributed by atoms with E-state index in [0.29, 0.717) is 11.3 Å². The van der Waals surface area contributed by atoms with Gasteiger partial charge in [0.05, 0.1) is 31.2 Å². The van der Waals surface area contributed by atoms with Gasteiger partial charge in [-0.2, -0.15) is 15.8 Å². The van der Waals surface area contributed by atoms with Gasteiger partial charge in [-0.15, -0.1) is 0 Å². The van der Waals surface area contributed by atoms with E-state index in [4.69, 9.17) is 19.6 Å². The van der Waals surface area contributed by atoms with Crippen LogP contribution in [0.1, 0.15) is 25.5 Å². The highest BCUT2D eigenvalue weighted by molar-refractivity contribution is 5.89. The Morgan fingerprint density at radius 2 is 1.80 bits per heavy atom. The number of nitrogens with zero attached hydrogens (tertiary/aromatic N) is 3. The molecule has 7 nitrogen and oxygen atoms in total. The largest absolute Gasteiger partial charge is 0.496 e. The lowest BCUT2D eigenvalue weighted by Crippen LogP contribution is -2.71. The normalized spacial score (nSPS) is 35.0. The SMILES string of the molecule is COc1ccccc1[C@H]1O[C@@]2(C)OC(=N)[C@@]1(C#N)C(C#N)(C#N)[C@@H]2C. The Morgan fingerprint density at radius 3 is 2.36 bits per heavy atom. The Labute approximate surface area is 145 Å². The minimum atomic E-state index is -1.90. The molecule has 126 valence electrons. The summed E-state index contributed by atoms with van der Waals surface area (Å²) in [5.41, 5.74) is -3.20. The summed E-state index contributed by atoms with van der Waals surface area (Å²) >= 11 is 0. The summed E-state index contributed by atoms with van der Waals surface area (Å²) in [5.74, 6) is -2.11. The average molecular weight is 336 g/mol. The number of hydrogen-bond donors (Lipinski definition) is 1. The Morgan fingerprint density at radius 1 is 1.16 bits per heavy atom. The lowest BCUT2D eigenvalue weighted by atomic mass is 9.51. The third-order valence-corrected chi connectivity index (χ3v) is 5.42. The summed E-state index contributed by atoms with van der Waals surface area (Å²) in [6.45, 7) is 3.21. The van der Waals surface area contributed by atoms with Crippen LogP contribution >= 0.6 is 0 Å². The van der Waals surface area contributed by atoms with E-state index in [0.717, 1.165) is 0 Å². The molecule has 0 aliphatic carbocycles. The number of benzene rings is 1. The molecule has 25 heavy (non-hydrogen) atoms. The molecule has 4 atom stereocenters. The predicted octanol–water partition coefficient (Wildman–Crippen LogP) is 2.67. The van der Waals surface area contributed by atoms with Crippen LogP contribution in [-0.4, -0.2) is 18.8 Å². The van der Waals surface area contributed by atoms with Crippen LogP contribution in [0, 0.1) is 56.2 Å². The molecular formula is C18H16N4O3. The number of ether oxygens (including phenoxy) is 3. The molecule has 3 aliphatic heterocycles. The zero-order chi connectivity index (χ0) is 18.5. The minimum Gasteiger partial charge on any atom is -0.496 e. The molecule has 2 bridgehead atoms. The highest BCUT2D eigenvalue weighted by atomic mass is 16.7. The third kappa shape index (κ3) is 1.72. The van der Waals surface area contributed by atoms with Crippen molar-refractivity contribution in [3.63, 3.8) is 0 Å². The van der Waals surface area contributed by atoms with Crippen LogP contribution in [0.2, 0.25) is 0 Å². The fourth-order valence-corrected chi connectivity index (χ4v) is 3.83. The highest BCUT2D eigenvalue weighted by Gasteiger charge is 2.78. The van der Waals surface area contributed by atoms with Gasteiger partial charge in [0.1, 0.15) is 11.9 Å². The topological polar surface area (TPSA) is 123 Å². The van der Waals surface area contributed by atoms with Crippen molar-refractivity contribution in [3.8, 4) is 24.0 Å². The van der Waals surface area contributed by atoms with Gasteiger partial charge >= 0.3 is 0 Å². The highest BCUT2D eigenvalue weighted by Crippen LogP contribution is 2.66. The van der Waals surface area contributed by atoms with Crippen molar-refractivity contribution in [2.45, 2.75) is 25.7 Å². The van der Waals surface area contributed by atoms with Gasteiger partial charge in [0.25, 0.3) is 0 Å². The van der Waals surface area contributed by atoms with Crippen LogP contribution in [0.4, 0.5) is 0 Å². The van der Waals surface area contributed by atoms with Gasteiger partial charge in [-0.25, -0.2) is 0 Å². The van der Waals surface area contributed by atoms with E-state index in [2.05, 4.69) is 0 Å². The standard InChI is InChI=1S/C18H16N4O3/c1-11-16(2)24-14(12-6-4-5-7-13(12)23-3)18(10-21,15(22)25-16)17(11,8-19)9-20/h4-7,11,14,22H,1-3H3/t11-,14-,16+,18+/m1/s1. The summed E-state index contributed by atoms with van der Waals surface area (Å²) in [6.07, 6.45) is -1.05. The van der Waals surface area contributed by atoms with Crippen LogP contribution < -0.4 is 4.74 Å². The maximum absolute atomic E-state index is 10.0. The maximum atomic E-state index is 10.0. The van der Waals surface area contributed by atoms with Gasteiger partial charge in [-0.3, -0.25) is 5.41 Å². The van der Waals surface area contributed by atoms with Crippen LogP contribution in [0.25, 0.3) is 0 Å². The first-order valence-electron chi connectivity index (χ1n) is 7.69. The lowest BCUT2D eigenvalue weighted by Gasteiger charge is -2.60. The van der Waals surface area contributed by atoms with E-state index >= 15 is 0 Å². The molecule has 0 saturated carbocycles. The van der Waals surface area contributed by atoms with E-state index in [1.165, 1.54) is 7.11 Å². The van der Waals surface area contributed by atoms with Gasteiger partial charge in [-0.1, -0.05) is 25.1 Å². The van der Waals surface area contributed by atoms with Crippen LogP contribution in [0.5, 0.6) is 5.75 Å². The first kappa shape index (κ1) is 16.8. The van der Waals surface area contributed by atoms with Gasteiger partial charge in [0, 0.05) is 12.5 Å². The van der Waals surface area contributed by atoms with Crippen molar-refractivity contribution in [1.29, 1.82) is 21.2 Å². The average Bonchev–Trinajstić information content (AvgIpc) is 2.63. The molecule has 3 aliphatic rings. The zero-order valence-corrected chi connectivity index (χ0v) is 14.0. The number of fused-ring (bicyclic) bond motifs is 3. The molecule has 1 N–H and O–H groups in total. The molecule has 3 saturated heterocycles. The van der Waals surface area contributed by atoms with Crippen molar-refractivity contribution in [3.05, 3.63) is 29.8 Å². The van der Waals surface area contributed by atoms with E-state index in [1.54, 1.807) is 38.1 Å². The Hall–Kier alpha value is -3.08. The van der Waals surface area contributed by atoms with Gasteiger partial charge < -0.3 is 14.2 Å². The van der Waals surface area contributed by atoms with E-state index in [9.17, 15) is 15.8 Å². The lowest BCUT2D eigenvalue weighted by molar-refractivity contribution is -0.338. The van der Waals surface area contributed by atoms with Crippen LogP contribution in [0.15, 0.2) is 24.3 Å². The molecule has 7 heteroatoms. The minimum absolute atomic E-state index is 0.430. The van der Waals surface area contributed by atoms with Crippen LogP contribution in [-0.2, 0) is 9.47 Å². The van der Waals surface area contributed by atoms with Crippen molar-refractivity contribution in [1.82, 2.24) is 0 Å². The predicted molar refractivity (Wildman–Crippen MR) is 84.9 cm³/mol. The number of nitrogens with one attached hydrogen (secondary N) is 1. The molecule has 0 spiro atoms. The fraction of sp³-hybridized carbons (Fsp3) is 0.444. The molecule has 1 aromatic carbocycles. The molecule has 3 heterocycles. The van der Waals surface area contributed by atoms with Crippen molar-refractivity contribution in [2.24, 2.45) is 16.7 Å². The molecule has 1 aromatic rings. The monoisotopic (exact) mass is 336 g/mol. The first-order valence-corrected chi connectivity index (χ1v) is 7.69. The van der Waals surface area contributed by atoms with Gasteiger partial charge in [0.2, 0.25) is 11.7 Å². The molecule has 0 radical (unpaired) electrons. The maximum Gasteiger partial charge on any atom is 0.215 e. The number of para-hydroxylation sites is 1. The van der Waals surface area contributed by atoms with Crippen molar-refractivity contribution >= 4 is 5.90 Å². The fourth-order valence-electron chi connectivity index (χ4n) is 3.83. The molecule has 3 fully saturated rings. The summed E-state index contributed by atoms with van der Waals surface area (Å²) < 4.78 is 17.0. The molecule has 0 aromatic heterocycles. The summed E-state index contributed by atoms with van der Waals surface area (Å²) in [7, 11) is 1.48. The molecule has 4 rings (SSSR count). The van der Waals surface area contributed by atoms with Gasteiger partial charge in [0.15, 0.2) is 10.8 Å². The molecular weight excluding hydrogens is 320 g/mol. The molecule has 0 unspecified atom stereocenters. The van der Waals surface area contributed by atoms with E-state index < -0.39 is 34.5 Å². The number of rotatable bonds is 2. The summed E-state index contributed by atoms with van der Waals surface area (Å²) in [6, 6.07) is 12.9. The van der Waals surface area contributed by atoms with E-state index in [-0.39, 0.29) is 0 Å². The number of hydrogen-bond acceptors (Lipinski definition) is 7. The second-order valence-electron chi connectivity index (χ2n) is 6.36. The smallest absolute Gasteiger partial charge is 0.215 e. The number of methoxy groups -OCH3 is 1. The quantitative estimate of drug-likeness (QED) is 0.885. The Kier molecular flexibility index (Phi) is 3.49. The van der Waals surface area contributed by atoms with Crippen molar-refractivity contribution < 1.29 is 14.2 Å². The second-order valence-corrected chi connectivity index (χ2v) is 6.36.